The zero-order chi connectivity index (χ0) is 14.8. The molecule has 0 saturated heterocycles. The van der Waals surface area contributed by atoms with Gasteiger partial charge in [0.05, 0.1) is 12.2 Å². The lowest BCUT2D eigenvalue weighted by atomic mass is 10.1. The van der Waals surface area contributed by atoms with Crippen LogP contribution >= 0.6 is 11.6 Å². The predicted octanol–water partition coefficient (Wildman–Crippen LogP) is 3.85. The molecule has 4 heteroatoms. The van der Waals surface area contributed by atoms with Crippen LogP contribution in [0.25, 0.3) is 11.3 Å². The Morgan fingerprint density at radius 1 is 1.10 bits per heavy atom. The normalized spacial score (nSPS) is 10.8. The van der Waals surface area contributed by atoms with E-state index in [1.807, 2.05) is 61.5 Å². The van der Waals surface area contributed by atoms with Crippen LogP contribution in [-0.4, -0.2) is 9.78 Å². The Morgan fingerprint density at radius 3 is 2.57 bits per heavy atom. The molecule has 0 aliphatic rings. The SMILES string of the molecule is Cc1c(-c2ccccc2)[nH]n(Cc2cccc(Cl)c2)c1=O. The number of benzene rings is 2. The van der Waals surface area contributed by atoms with E-state index in [0.717, 1.165) is 22.4 Å². The second-order valence-electron chi connectivity index (χ2n) is 5.00. The monoisotopic (exact) mass is 298 g/mol. The number of H-pyrrole nitrogens is 1. The molecule has 1 aromatic heterocycles. The van der Waals surface area contributed by atoms with Crippen molar-refractivity contribution < 1.29 is 0 Å². The van der Waals surface area contributed by atoms with Gasteiger partial charge in [-0.2, -0.15) is 0 Å². The van der Waals surface area contributed by atoms with Gasteiger partial charge in [-0.15, -0.1) is 0 Å². The molecular weight excluding hydrogens is 284 g/mol. The van der Waals surface area contributed by atoms with Crippen LogP contribution in [0.1, 0.15) is 11.1 Å². The molecule has 3 aromatic rings. The third kappa shape index (κ3) is 2.78. The number of nitrogens with one attached hydrogen (secondary N) is 1. The summed E-state index contributed by atoms with van der Waals surface area (Å²) in [5, 5.41) is 3.87. The summed E-state index contributed by atoms with van der Waals surface area (Å²) in [5.41, 5.74) is 3.59. The summed E-state index contributed by atoms with van der Waals surface area (Å²) in [5.74, 6) is 0. The van der Waals surface area contributed by atoms with Crippen LogP contribution in [0.5, 0.6) is 0 Å². The highest BCUT2D eigenvalue weighted by Crippen LogP contribution is 2.19. The Bertz CT molecular complexity index is 818. The van der Waals surface area contributed by atoms with Crippen LogP contribution in [0, 0.1) is 6.92 Å². The minimum Gasteiger partial charge on any atom is -0.294 e. The van der Waals surface area contributed by atoms with Crippen LogP contribution in [0.4, 0.5) is 0 Å². The number of rotatable bonds is 3. The zero-order valence-electron chi connectivity index (χ0n) is 11.6. The predicted molar refractivity (Wildman–Crippen MR) is 85.8 cm³/mol. The molecule has 3 rings (SSSR count). The van der Waals surface area contributed by atoms with E-state index in [9.17, 15) is 4.79 Å². The molecule has 0 amide bonds. The van der Waals surface area contributed by atoms with E-state index in [-0.39, 0.29) is 5.56 Å². The average molecular weight is 299 g/mol. The van der Waals surface area contributed by atoms with E-state index in [1.54, 1.807) is 4.68 Å². The Morgan fingerprint density at radius 2 is 1.86 bits per heavy atom. The minimum atomic E-state index is -0.00571. The largest absolute Gasteiger partial charge is 0.294 e. The summed E-state index contributed by atoms with van der Waals surface area (Å²) in [4.78, 5) is 12.4. The van der Waals surface area contributed by atoms with Gasteiger partial charge in [-0.1, -0.05) is 54.1 Å². The molecule has 0 aliphatic heterocycles. The number of aromatic amines is 1. The molecule has 2 aromatic carbocycles. The molecular formula is C17H15ClN2O. The highest BCUT2D eigenvalue weighted by Gasteiger charge is 2.11. The Kier molecular flexibility index (Phi) is 3.67. The van der Waals surface area contributed by atoms with Crippen molar-refractivity contribution in [3.63, 3.8) is 0 Å². The topological polar surface area (TPSA) is 37.8 Å². The van der Waals surface area contributed by atoms with Gasteiger partial charge in [0.15, 0.2) is 0 Å². The van der Waals surface area contributed by atoms with Crippen molar-refractivity contribution in [2.45, 2.75) is 13.5 Å². The first kappa shape index (κ1) is 13.7. The summed E-state index contributed by atoms with van der Waals surface area (Å²) in [6.45, 7) is 2.32. The number of hydrogen-bond donors (Lipinski definition) is 1. The molecule has 0 unspecified atom stereocenters. The maximum absolute atomic E-state index is 12.4. The van der Waals surface area contributed by atoms with Crippen molar-refractivity contribution >= 4 is 11.6 Å². The van der Waals surface area contributed by atoms with Gasteiger partial charge in [-0.25, -0.2) is 4.68 Å². The van der Waals surface area contributed by atoms with Crippen molar-refractivity contribution in [1.82, 2.24) is 9.78 Å². The van der Waals surface area contributed by atoms with Crippen molar-refractivity contribution in [3.8, 4) is 11.3 Å². The molecule has 0 saturated carbocycles. The Labute approximate surface area is 127 Å². The van der Waals surface area contributed by atoms with Gasteiger partial charge < -0.3 is 0 Å². The third-order valence-corrected chi connectivity index (χ3v) is 3.71. The summed E-state index contributed by atoms with van der Waals surface area (Å²) < 4.78 is 1.61. The van der Waals surface area contributed by atoms with Gasteiger partial charge >= 0.3 is 0 Å². The van der Waals surface area contributed by atoms with Crippen molar-refractivity contribution in [3.05, 3.63) is 81.1 Å². The van der Waals surface area contributed by atoms with Gasteiger partial charge in [-0.3, -0.25) is 9.89 Å². The van der Waals surface area contributed by atoms with E-state index in [0.29, 0.717) is 11.6 Å². The molecule has 0 bridgehead atoms. The lowest BCUT2D eigenvalue weighted by Gasteiger charge is -2.03. The van der Waals surface area contributed by atoms with Crippen LogP contribution in [0.3, 0.4) is 0 Å². The maximum atomic E-state index is 12.4. The quantitative estimate of drug-likeness (QED) is 0.783. The van der Waals surface area contributed by atoms with Gasteiger partial charge in [0, 0.05) is 10.6 Å². The molecule has 0 spiro atoms. The molecule has 3 nitrogen and oxygen atoms in total. The number of halogens is 1. The highest BCUT2D eigenvalue weighted by molar-refractivity contribution is 6.30. The van der Waals surface area contributed by atoms with E-state index in [2.05, 4.69) is 5.10 Å². The molecule has 0 atom stereocenters. The lowest BCUT2D eigenvalue weighted by Crippen LogP contribution is -2.18. The first-order chi connectivity index (χ1) is 10.1. The van der Waals surface area contributed by atoms with E-state index < -0.39 is 0 Å². The fourth-order valence-electron chi connectivity index (χ4n) is 2.39. The third-order valence-electron chi connectivity index (χ3n) is 3.48. The molecule has 1 N–H and O–H groups in total. The van der Waals surface area contributed by atoms with E-state index >= 15 is 0 Å². The summed E-state index contributed by atoms with van der Waals surface area (Å²) in [7, 11) is 0. The standard InChI is InChI=1S/C17H15ClN2O/c1-12-16(14-7-3-2-4-8-14)19-20(17(12)21)11-13-6-5-9-15(18)10-13/h2-10,19H,11H2,1H3. The summed E-state index contributed by atoms with van der Waals surface area (Å²) in [6.07, 6.45) is 0. The van der Waals surface area contributed by atoms with Crippen LogP contribution in [-0.2, 0) is 6.54 Å². The van der Waals surface area contributed by atoms with Gasteiger partial charge in [0.2, 0.25) is 0 Å². The number of hydrogen-bond acceptors (Lipinski definition) is 1. The Hall–Kier alpha value is -2.26. The van der Waals surface area contributed by atoms with E-state index in [4.69, 9.17) is 11.6 Å². The second-order valence-corrected chi connectivity index (χ2v) is 5.44. The van der Waals surface area contributed by atoms with Crippen molar-refractivity contribution in [1.29, 1.82) is 0 Å². The number of aromatic nitrogens is 2. The second kappa shape index (κ2) is 5.62. The van der Waals surface area contributed by atoms with Gasteiger partial charge in [0.1, 0.15) is 0 Å². The fourth-order valence-corrected chi connectivity index (χ4v) is 2.61. The smallest absolute Gasteiger partial charge is 0.270 e. The maximum Gasteiger partial charge on any atom is 0.270 e. The average Bonchev–Trinajstić information content (AvgIpc) is 2.77. The zero-order valence-corrected chi connectivity index (χ0v) is 12.4. The summed E-state index contributed by atoms with van der Waals surface area (Å²) in [6, 6.07) is 17.4. The van der Waals surface area contributed by atoms with E-state index in [1.165, 1.54) is 0 Å². The Balaban J connectivity index is 2.00. The molecule has 0 fully saturated rings. The molecule has 0 aliphatic carbocycles. The lowest BCUT2D eigenvalue weighted by molar-refractivity contribution is 0.665. The first-order valence-electron chi connectivity index (χ1n) is 6.74. The molecule has 21 heavy (non-hydrogen) atoms. The van der Waals surface area contributed by atoms with Gasteiger partial charge in [-0.05, 0) is 30.2 Å². The molecule has 1 heterocycles. The van der Waals surface area contributed by atoms with Crippen LogP contribution in [0.2, 0.25) is 5.02 Å². The van der Waals surface area contributed by atoms with Crippen LogP contribution in [0.15, 0.2) is 59.4 Å². The van der Waals surface area contributed by atoms with Crippen molar-refractivity contribution in [2.24, 2.45) is 0 Å². The fraction of sp³-hybridized carbons (Fsp3) is 0.118. The van der Waals surface area contributed by atoms with Crippen LogP contribution < -0.4 is 5.56 Å². The molecule has 106 valence electrons. The van der Waals surface area contributed by atoms with Crippen molar-refractivity contribution in [2.75, 3.05) is 0 Å². The molecule has 0 radical (unpaired) electrons. The summed E-state index contributed by atoms with van der Waals surface area (Å²) >= 11 is 5.99. The number of nitrogens with zero attached hydrogens (tertiary/aromatic N) is 1. The minimum absolute atomic E-state index is 0.00571. The first-order valence-corrected chi connectivity index (χ1v) is 7.12. The van der Waals surface area contributed by atoms with Gasteiger partial charge in [0.25, 0.3) is 5.56 Å². The highest BCUT2D eigenvalue weighted by atomic mass is 35.5.